The quantitative estimate of drug-likeness (QED) is 0.710. The van der Waals surface area contributed by atoms with E-state index in [1.165, 1.54) is 6.07 Å². The molecule has 0 bridgehead atoms. The van der Waals surface area contributed by atoms with Crippen molar-refractivity contribution in [3.63, 3.8) is 0 Å². The summed E-state index contributed by atoms with van der Waals surface area (Å²) in [5, 5.41) is 9.19. The van der Waals surface area contributed by atoms with Gasteiger partial charge in [0.15, 0.2) is 5.76 Å². The molecule has 0 aliphatic carbocycles. The normalized spacial score (nSPS) is 10.4. The first-order valence-corrected chi connectivity index (χ1v) is 4.05. The Balaban J connectivity index is 2.51. The van der Waals surface area contributed by atoms with Crippen molar-refractivity contribution in [1.82, 2.24) is 9.97 Å². The second-order valence-corrected chi connectivity index (χ2v) is 2.88. The molecule has 14 heavy (non-hydrogen) atoms. The molecule has 0 saturated heterocycles. The van der Waals surface area contributed by atoms with Crippen LogP contribution in [0.25, 0.3) is 11.6 Å². The van der Waals surface area contributed by atoms with E-state index in [1.54, 1.807) is 12.1 Å². The third kappa shape index (κ3) is 1.52. The molecule has 0 saturated carbocycles. The Bertz CT molecular complexity index is 445. The van der Waals surface area contributed by atoms with E-state index in [4.69, 9.17) is 10.2 Å². The summed E-state index contributed by atoms with van der Waals surface area (Å²) in [6.07, 6.45) is 0. The molecule has 0 atom stereocenters. The predicted octanol–water partition coefficient (Wildman–Crippen LogP) is 1.33. The van der Waals surface area contributed by atoms with Crippen molar-refractivity contribution in [1.29, 1.82) is 0 Å². The van der Waals surface area contributed by atoms with Gasteiger partial charge in [-0.25, -0.2) is 4.98 Å². The molecule has 2 heterocycles. The van der Waals surface area contributed by atoms with Crippen LogP contribution in [0, 0.1) is 6.92 Å². The maximum absolute atomic E-state index is 9.19. The Kier molecular flexibility index (Phi) is 1.85. The van der Waals surface area contributed by atoms with Crippen molar-refractivity contribution in [3.05, 3.63) is 24.0 Å². The Morgan fingerprint density at radius 3 is 2.71 bits per heavy atom. The molecule has 72 valence electrons. The molecule has 5 heteroatoms. The SMILES string of the molecule is Cc1ccc(-c2nc(N)cc(O)n2)o1. The number of nitrogens with zero attached hydrogens (tertiary/aromatic N) is 2. The third-order valence-electron chi connectivity index (χ3n) is 1.69. The summed E-state index contributed by atoms with van der Waals surface area (Å²) in [7, 11) is 0. The Hall–Kier alpha value is -2.04. The first-order valence-electron chi connectivity index (χ1n) is 4.05. The molecule has 3 N–H and O–H groups in total. The number of hydrogen-bond acceptors (Lipinski definition) is 5. The van der Waals surface area contributed by atoms with Crippen LogP contribution in [0.5, 0.6) is 5.88 Å². The smallest absolute Gasteiger partial charge is 0.216 e. The van der Waals surface area contributed by atoms with Crippen molar-refractivity contribution >= 4 is 5.82 Å². The molecule has 0 unspecified atom stereocenters. The first-order chi connectivity index (χ1) is 6.65. The lowest BCUT2D eigenvalue weighted by Crippen LogP contribution is -1.94. The van der Waals surface area contributed by atoms with E-state index in [9.17, 15) is 5.11 Å². The molecule has 0 fully saturated rings. The van der Waals surface area contributed by atoms with Gasteiger partial charge in [0.25, 0.3) is 0 Å². The number of nitrogens with two attached hydrogens (primary N) is 1. The van der Waals surface area contributed by atoms with Crippen LogP contribution < -0.4 is 5.73 Å². The standard InChI is InChI=1S/C9H9N3O2/c1-5-2-3-6(14-5)9-11-7(10)4-8(13)12-9/h2-4H,1H3,(H3,10,11,12,13). The lowest BCUT2D eigenvalue weighted by atomic mass is 10.4. The fourth-order valence-electron chi connectivity index (χ4n) is 1.12. The molecule has 2 rings (SSSR count). The van der Waals surface area contributed by atoms with E-state index in [-0.39, 0.29) is 17.5 Å². The minimum absolute atomic E-state index is 0.165. The van der Waals surface area contributed by atoms with Gasteiger partial charge in [-0.05, 0) is 19.1 Å². The van der Waals surface area contributed by atoms with Crippen LogP contribution in [0.15, 0.2) is 22.6 Å². The zero-order chi connectivity index (χ0) is 10.1. The predicted molar refractivity (Wildman–Crippen MR) is 50.5 cm³/mol. The monoisotopic (exact) mass is 191 g/mol. The van der Waals surface area contributed by atoms with E-state index >= 15 is 0 Å². The lowest BCUT2D eigenvalue weighted by Gasteiger charge is -1.98. The highest BCUT2D eigenvalue weighted by atomic mass is 16.3. The van der Waals surface area contributed by atoms with Gasteiger partial charge in [0.1, 0.15) is 11.6 Å². The number of aromatic hydroxyl groups is 1. The summed E-state index contributed by atoms with van der Waals surface area (Å²) < 4.78 is 5.29. The van der Waals surface area contributed by atoms with Crippen LogP contribution in [0.2, 0.25) is 0 Å². The fraction of sp³-hybridized carbons (Fsp3) is 0.111. The van der Waals surface area contributed by atoms with E-state index < -0.39 is 0 Å². The maximum Gasteiger partial charge on any atom is 0.216 e. The number of rotatable bonds is 1. The average molecular weight is 191 g/mol. The molecule has 0 radical (unpaired) electrons. The second-order valence-electron chi connectivity index (χ2n) is 2.88. The molecule has 2 aromatic rings. The van der Waals surface area contributed by atoms with Crippen LogP contribution in [0.1, 0.15) is 5.76 Å². The Morgan fingerprint density at radius 2 is 2.14 bits per heavy atom. The number of hydrogen-bond donors (Lipinski definition) is 2. The molecule has 0 aromatic carbocycles. The van der Waals surface area contributed by atoms with Gasteiger partial charge in [0.05, 0.1) is 0 Å². The van der Waals surface area contributed by atoms with E-state index in [0.29, 0.717) is 5.76 Å². The molecular weight excluding hydrogens is 182 g/mol. The minimum Gasteiger partial charge on any atom is -0.493 e. The summed E-state index contributed by atoms with van der Waals surface area (Å²) in [6, 6.07) is 4.79. The van der Waals surface area contributed by atoms with Crippen molar-refractivity contribution in [3.8, 4) is 17.5 Å². The van der Waals surface area contributed by atoms with Gasteiger partial charge in [-0.15, -0.1) is 0 Å². The van der Waals surface area contributed by atoms with Crippen LogP contribution >= 0.6 is 0 Å². The van der Waals surface area contributed by atoms with Gasteiger partial charge in [0.2, 0.25) is 11.7 Å². The highest BCUT2D eigenvalue weighted by Crippen LogP contribution is 2.21. The van der Waals surface area contributed by atoms with E-state index in [1.807, 2.05) is 6.92 Å². The molecule has 5 nitrogen and oxygen atoms in total. The van der Waals surface area contributed by atoms with Gasteiger partial charge in [-0.3, -0.25) is 0 Å². The summed E-state index contributed by atoms with van der Waals surface area (Å²) in [5.74, 6) is 1.58. The molecule has 0 aliphatic heterocycles. The summed E-state index contributed by atoms with van der Waals surface area (Å²) in [4.78, 5) is 7.72. The highest BCUT2D eigenvalue weighted by molar-refractivity contribution is 5.51. The Morgan fingerprint density at radius 1 is 1.36 bits per heavy atom. The summed E-state index contributed by atoms with van der Waals surface area (Å²) >= 11 is 0. The van der Waals surface area contributed by atoms with Gasteiger partial charge in [-0.1, -0.05) is 0 Å². The van der Waals surface area contributed by atoms with Gasteiger partial charge < -0.3 is 15.3 Å². The average Bonchev–Trinajstić information content (AvgIpc) is 2.50. The second kappa shape index (κ2) is 3.02. The fourth-order valence-corrected chi connectivity index (χ4v) is 1.12. The number of aromatic nitrogens is 2. The third-order valence-corrected chi connectivity index (χ3v) is 1.69. The van der Waals surface area contributed by atoms with Crippen LogP contribution in [0.4, 0.5) is 5.82 Å². The van der Waals surface area contributed by atoms with Crippen molar-refractivity contribution in [2.45, 2.75) is 6.92 Å². The first kappa shape index (κ1) is 8.55. The highest BCUT2D eigenvalue weighted by Gasteiger charge is 2.07. The molecular formula is C9H9N3O2. The largest absolute Gasteiger partial charge is 0.493 e. The van der Waals surface area contributed by atoms with Crippen molar-refractivity contribution < 1.29 is 9.52 Å². The lowest BCUT2D eigenvalue weighted by molar-refractivity contribution is 0.451. The number of anilines is 1. The number of furan rings is 1. The molecule has 0 amide bonds. The van der Waals surface area contributed by atoms with E-state index in [2.05, 4.69) is 9.97 Å². The van der Waals surface area contributed by atoms with Gasteiger partial charge >= 0.3 is 0 Å². The number of nitrogen functional groups attached to an aromatic ring is 1. The van der Waals surface area contributed by atoms with E-state index in [0.717, 1.165) is 5.76 Å². The van der Waals surface area contributed by atoms with Crippen molar-refractivity contribution in [2.75, 3.05) is 5.73 Å². The maximum atomic E-state index is 9.19. The topological polar surface area (TPSA) is 85.2 Å². The van der Waals surface area contributed by atoms with Crippen LogP contribution in [0.3, 0.4) is 0 Å². The molecule has 0 spiro atoms. The number of aryl methyl sites for hydroxylation is 1. The summed E-state index contributed by atoms with van der Waals surface area (Å²) in [5.41, 5.74) is 5.45. The molecule has 0 aliphatic rings. The van der Waals surface area contributed by atoms with Crippen LogP contribution in [-0.4, -0.2) is 15.1 Å². The minimum atomic E-state index is -0.165. The van der Waals surface area contributed by atoms with Crippen molar-refractivity contribution in [2.24, 2.45) is 0 Å². The Labute approximate surface area is 80.2 Å². The van der Waals surface area contributed by atoms with Gasteiger partial charge in [0, 0.05) is 6.07 Å². The zero-order valence-corrected chi connectivity index (χ0v) is 7.56. The van der Waals surface area contributed by atoms with Gasteiger partial charge in [-0.2, -0.15) is 4.98 Å². The zero-order valence-electron chi connectivity index (χ0n) is 7.56. The molecule has 2 aromatic heterocycles. The summed E-state index contributed by atoms with van der Waals surface area (Å²) in [6.45, 7) is 1.82. The van der Waals surface area contributed by atoms with Crippen LogP contribution in [-0.2, 0) is 0 Å².